The molecule has 2 amide bonds. The van der Waals surface area contributed by atoms with Crippen LogP contribution in [0.25, 0.3) is 0 Å². The van der Waals surface area contributed by atoms with Crippen molar-refractivity contribution in [3.8, 4) is 0 Å². The van der Waals surface area contributed by atoms with Crippen LogP contribution in [-0.2, 0) is 37.9 Å². The molecule has 0 radical (unpaired) electrons. The number of anilines is 2. The largest absolute Gasteiger partial charge is 0.392 e. The molecule has 63 heavy (non-hydrogen) atoms. The second kappa shape index (κ2) is 20.9. The fraction of sp³-hybridized carbons (Fsp3) is 0.220. The molecule has 1 N–H and O–H groups in total. The highest BCUT2D eigenvalue weighted by Crippen LogP contribution is 2.36. The summed E-state index contributed by atoms with van der Waals surface area (Å²) in [5.41, 5.74) is 2.06. The number of nitrogens with zero attached hydrogens (tertiary/aromatic N) is 6. The first-order valence-corrected chi connectivity index (χ1v) is 22.0. The lowest BCUT2D eigenvalue weighted by Gasteiger charge is -2.27. The lowest BCUT2D eigenvalue weighted by molar-refractivity contribution is 0.0966. The van der Waals surface area contributed by atoms with Gasteiger partial charge in [0.1, 0.15) is 10.3 Å². The van der Waals surface area contributed by atoms with Gasteiger partial charge in [0.2, 0.25) is 0 Å². The van der Waals surface area contributed by atoms with Crippen molar-refractivity contribution in [1.29, 1.82) is 0 Å². The first-order valence-electron chi connectivity index (χ1n) is 18.3. The highest BCUT2D eigenvalue weighted by molar-refractivity contribution is 9.08. The number of aliphatic hydroxyl groups is 1. The van der Waals surface area contributed by atoms with E-state index in [2.05, 4.69) is 26.1 Å². The quantitative estimate of drug-likeness (QED) is 0.121. The van der Waals surface area contributed by atoms with Crippen molar-refractivity contribution in [2.75, 3.05) is 28.2 Å². The van der Waals surface area contributed by atoms with Crippen LogP contribution in [0, 0.1) is 34.9 Å². The number of benzene rings is 4. The van der Waals surface area contributed by atoms with Gasteiger partial charge in [-0.2, -0.15) is 10.2 Å². The summed E-state index contributed by atoms with van der Waals surface area (Å²) in [6.07, 6.45) is 0.590. The predicted octanol–water partition coefficient (Wildman–Crippen LogP) is 11.5. The van der Waals surface area contributed by atoms with Gasteiger partial charge in [-0.1, -0.05) is 86.6 Å². The van der Waals surface area contributed by atoms with Gasteiger partial charge in [-0.15, -0.1) is 23.2 Å². The molecule has 0 unspecified atom stereocenters. The van der Waals surface area contributed by atoms with E-state index in [1.54, 1.807) is 6.07 Å². The Balaban J connectivity index is 0.000000198. The average Bonchev–Trinajstić information content (AvgIpc) is 3.76. The Morgan fingerprint density at radius 1 is 0.619 bits per heavy atom. The van der Waals surface area contributed by atoms with E-state index >= 15 is 0 Å². The predicted molar refractivity (Wildman–Crippen MR) is 234 cm³/mol. The van der Waals surface area contributed by atoms with Crippen LogP contribution in [-0.4, -0.2) is 54.9 Å². The van der Waals surface area contributed by atoms with Gasteiger partial charge in [0.05, 0.1) is 46.5 Å². The molecule has 9 nitrogen and oxygen atoms in total. The smallest absolute Gasteiger partial charge is 0.279 e. The van der Waals surface area contributed by atoms with E-state index in [4.69, 9.17) is 69.6 Å². The third-order valence-corrected chi connectivity index (χ3v) is 11.8. The standard InChI is InChI=1S/C20H13BrCl2F3N3O.C20H14Cl2F3N3O2.CH2Cl2/c21-8-10-6-13(22)17(26)15(7-10)28-5-4-12-18(20(28)30)27-29(19(12)23)9-11-2-1-3-14(24)16(11)25;21-13-6-10(9-29)7-15(17(13)25)27-5-4-12-18(20(27)30)26-28(19(12)22)8-11-2-1-3-14(23)16(11)24;2-1-3/h1-3,6-7H,4-5,8-9H2;1-3,6-7,29H,4-5,8-9H2;1H2. The van der Waals surface area contributed by atoms with Gasteiger partial charge in [0.15, 0.2) is 46.3 Å². The number of fused-ring (bicyclic) bond motifs is 2. The van der Waals surface area contributed by atoms with E-state index in [1.807, 2.05) is 0 Å². The molecule has 4 heterocycles. The van der Waals surface area contributed by atoms with Crippen molar-refractivity contribution in [3.05, 3.63) is 161 Å². The Morgan fingerprint density at radius 2 is 1.02 bits per heavy atom. The van der Waals surface area contributed by atoms with Gasteiger partial charge in [-0.3, -0.25) is 9.59 Å². The summed E-state index contributed by atoms with van der Waals surface area (Å²) in [6.45, 7) is -0.428. The van der Waals surface area contributed by atoms with Gasteiger partial charge >= 0.3 is 0 Å². The van der Waals surface area contributed by atoms with Crippen molar-refractivity contribution in [3.63, 3.8) is 0 Å². The molecule has 0 aliphatic carbocycles. The maximum absolute atomic E-state index is 14.6. The number of halogens is 13. The maximum atomic E-state index is 14.6. The van der Waals surface area contributed by atoms with E-state index in [-0.39, 0.29) is 98.8 Å². The third kappa shape index (κ3) is 10.1. The molecule has 4 aromatic carbocycles. The van der Waals surface area contributed by atoms with Gasteiger partial charge in [-0.25, -0.2) is 35.7 Å². The first kappa shape index (κ1) is 48.5. The summed E-state index contributed by atoms with van der Waals surface area (Å²) in [7, 11) is 0. The van der Waals surface area contributed by atoms with Crippen molar-refractivity contribution < 1.29 is 41.0 Å². The number of carbonyl (C=O) groups excluding carboxylic acids is 2. The number of aliphatic hydroxyl groups excluding tert-OH is 1. The molecule has 2 aliphatic rings. The fourth-order valence-electron chi connectivity index (χ4n) is 6.80. The maximum Gasteiger partial charge on any atom is 0.279 e. The topological polar surface area (TPSA) is 96.5 Å². The summed E-state index contributed by atoms with van der Waals surface area (Å²) < 4.78 is 86.7. The van der Waals surface area contributed by atoms with Gasteiger partial charge in [-0.05, 0) is 60.4 Å². The molecule has 8 rings (SSSR count). The molecular formula is C41H29BrCl6F6N6O3. The van der Waals surface area contributed by atoms with E-state index in [0.29, 0.717) is 34.0 Å². The van der Waals surface area contributed by atoms with E-state index in [0.717, 1.165) is 12.1 Å². The third-order valence-electron chi connectivity index (χ3n) is 9.79. The van der Waals surface area contributed by atoms with E-state index in [9.17, 15) is 41.0 Å². The van der Waals surface area contributed by atoms with E-state index < -0.39 is 46.7 Å². The normalized spacial score (nSPS) is 13.3. The number of aromatic nitrogens is 4. The molecule has 0 fully saturated rings. The number of carbonyl (C=O) groups is 2. The van der Waals surface area contributed by atoms with Crippen LogP contribution < -0.4 is 9.80 Å². The Kier molecular flexibility index (Phi) is 16.1. The summed E-state index contributed by atoms with van der Waals surface area (Å²) >= 11 is 37.4. The molecule has 6 aromatic rings. The van der Waals surface area contributed by atoms with Gasteiger partial charge < -0.3 is 14.9 Å². The van der Waals surface area contributed by atoms with Crippen LogP contribution in [0.4, 0.5) is 37.7 Å². The van der Waals surface area contributed by atoms with Crippen LogP contribution in [0.3, 0.4) is 0 Å². The van der Waals surface area contributed by atoms with Crippen LogP contribution in [0.1, 0.15) is 54.4 Å². The van der Waals surface area contributed by atoms with Crippen LogP contribution in [0.2, 0.25) is 20.4 Å². The van der Waals surface area contributed by atoms with Crippen molar-refractivity contribution in [1.82, 2.24) is 19.6 Å². The Morgan fingerprint density at radius 3 is 1.41 bits per heavy atom. The highest BCUT2D eigenvalue weighted by Gasteiger charge is 2.35. The van der Waals surface area contributed by atoms with Gasteiger partial charge in [0.25, 0.3) is 11.8 Å². The van der Waals surface area contributed by atoms with Crippen LogP contribution in [0.5, 0.6) is 0 Å². The molecule has 0 saturated heterocycles. The number of amides is 2. The number of hydrogen-bond acceptors (Lipinski definition) is 5. The molecule has 332 valence electrons. The first-order chi connectivity index (χ1) is 30.0. The molecule has 0 atom stereocenters. The summed E-state index contributed by atoms with van der Waals surface area (Å²) in [5, 5.41) is 18.3. The Bertz CT molecular complexity index is 2540. The minimum absolute atomic E-state index is 0.00650. The lowest BCUT2D eigenvalue weighted by Crippen LogP contribution is -2.38. The zero-order chi connectivity index (χ0) is 45.9. The van der Waals surface area contributed by atoms with Crippen LogP contribution >= 0.6 is 85.5 Å². The second-order valence-corrected chi connectivity index (χ2v) is 16.5. The second-order valence-electron chi connectivity index (χ2n) is 13.6. The zero-order valence-corrected chi connectivity index (χ0v) is 38.1. The zero-order valence-electron chi connectivity index (χ0n) is 32.0. The average molecular weight is 1060 g/mol. The number of rotatable bonds is 8. The minimum atomic E-state index is -1.02. The molecule has 0 bridgehead atoms. The molecule has 22 heteroatoms. The van der Waals surface area contributed by atoms with Crippen molar-refractivity contribution in [2.24, 2.45) is 0 Å². The fourth-order valence-corrected chi connectivity index (χ4v) is 8.16. The summed E-state index contributed by atoms with van der Waals surface area (Å²) in [4.78, 5) is 28.5. The van der Waals surface area contributed by atoms with Gasteiger partial charge in [0, 0.05) is 40.7 Å². The van der Waals surface area contributed by atoms with Crippen LogP contribution in [0.15, 0.2) is 60.7 Å². The summed E-state index contributed by atoms with van der Waals surface area (Å²) in [5.74, 6) is -6.66. The summed E-state index contributed by atoms with van der Waals surface area (Å²) in [6, 6.07) is 13.2. The molecule has 0 spiro atoms. The molecule has 0 saturated carbocycles. The minimum Gasteiger partial charge on any atom is -0.392 e. The Labute approximate surface area is 393 Å². The molecular weight excluding hydrogens is 1030 g/mol. The molecule has 2 aliphatic heterocycles. The Hall–Kier alpha value is -4.00. The van der Waals surface area contributed by atoms with E-state index in [1.165, 1.54) is 61.6 Å². The molecule has 2 aromatic heterocycles. The number of alkyl halides is 3. The lowest BCUT2D eigenvalue weighted by atomic mass is 10.1. The number of hydrogen-bond donors (Lipinski definition) is 1. The van der Waals surface area contributed by atoms with Crippen molar-refractivity contribution >= 4 is 109 Å². The highest BCUT2D eigenvalue weighted by atomic mass is 79.9. The van der Waals surface area contributed by atoms with Crippen molar-refractivity contribution in [2.45, 2.75) is 37.9 Å². The SMILES string of the molecule is ClCCl.O=C1c2nn(Cc3cccc(F)c3F)c(Cl)c2CCN1c1cc(CBr)cc(Cl)c1F.O=C1c2nn(Cc3cccc(F)c3F)c(Cl)c2CCN1c1cc(CO)cc(Cl)c1F. The monoisotopic (exact) mass is 1060 g/mol.